The van der Waals surface area contributed by atoms with Gasteiger partial charge in [0.2, 0.25) is 6.41 Å². The predicted octanol–water partition coefficient (Wildman–Crippen LogP) is 4.47. The van der Waals surface area contributed by atoms with Crippen LogP contribution in [0.4, 0.5) is 18.9 Å². The summed E-state index contributed by atoms with van der Waals surface area (Å²) < 4.78 is 37.5. The van der Waals surface area contributed by atoms with Crippen LogP contribution in [0.15, 0.2) is 46.5 Å². The summed E-state index contributed by atoms with van der Waals surface area (Å²) in [6.45, 7) is 0. The lowest BCUT2D eigenvalue weighted by Gasteiger charge is -2.09. The van der Waals surface area contributed by atoms with Gasteiger partial charge >= 0.3 is 6.18 Å². The first-order valence-corrected chi connectivity index (χ1v) is 6.80. The Bertz CT molecular complexity index is 647. The highest BCUT2D eigenvalue weighted by atomic mass is 35.5. The second kappa shape index (κ2) is 6.36. The van der Waals surface area contributed by atoms with Crippen LogP contribution in [-0.2, 0) is 11.0 Å². The van der Waals surface area contributed by atoms with Crippen molar-refractivity contribution in [3.63, 3.8) is 0 Å². The monoisotopic (exact) mass is 332 g/mol. The highest BCUT2D eigenvalue weighted by Crippen LogP contribution is 2.36. The van der Waals surface area contributed by atoms with Gasteiger partial charge in [-0.15, -0.1) is 0 Å². The summed E-state index contributed by atoms with van der Waals surface area (Å²) in [6.07, 6.45) is -3.17. The molecule has 2 aromatic rings. The number of alkyl halides is 3. The Balaban J connectivity index is 2.18. The molecule has 110 valence electrons. The number of hydrogen-bond donors (Lipinski definition) is 1. The molecule has 0 radical (unpaired) electrons. The Hall–Kier alpha value is -1.73. The lowest BCUT2D eigenvalue weighted by Crippen LogP contribution is -2.05. The first kappa shape index (κ1) is 15.7. The van der Waals surface area contributed by atoms with Crippen LogP contribution >= 0.6 is 23.4 Å². The van der Waals surface area contributed by atoms with Gasteiger partial charge in [-0.2, -0.15) is 13.2 Å². The standard InChI is InChI=1S/C13H8ClF3N2OS/c14-11-5-8(13(15,16)17)6-18-12(11)21-10-3-1-9(2-4-10)19-7-20/h1-7H,(H,19,20). The topological polar surface area (TPSA) is 42.0 Å². The van der Waals surface area contributed by atoms with E-state index in [4.69, 9.17) is 11.6 Å². The molecule has 0 saturated carbocycles. The number of hydrogen-bond acceptors (Lipinski definition) is 3. The van der Waals surface area contributed by atoms with Crippen molar-refractivity contribution >= 4 is 35.5 Å². The van der Waals surface area contributed by atoms with Crippen molar-refractivity contribution in [2.24, 2.45) is 0 Å². The van der Waals surface area contributed by atoms with Crippen molar-refractivity contribution in [3.05, 3.63) is 47.1 Å². The Kier molecular flexibility index (Phi) is 4.74. The van der Waals surface area contributed by atoms with E-state index >= 15 is 0 Å². The van der Waals surface area contributed by atoms with Gasteiger partial charge in [-0.05, 0) is 30.3 Å². The Morgan fingerprint density at radius 3 is 2.43 bits per heavy atom. The molecule has 21 heavy (non-hydrogen) atoms. The van der Waals surface area contributed by atoms with Gasteiger partial charge in [0.05, 0.1) is 10.6 Å². The molecule has 0 saturated heterocycles. The van der Waals surface area contributed by atoms with E-state index in [1.807, 2.05) is 0 Å². The summed E-state index contributed by atoms with van der Waals surface area (Å²) in [5.74, 6) is 0. The van der Waals surface area contributed by atoms with Gasteiger partial charge in [-0.1, -0.05) is 23.4 Å². The molecule has 1 aromatic carbocycles. The lowest BCUT2D eigenvalue weighted by molar-refractivity contribution is -0.137. The first-order valence-electron chi connectivity index (χ1n) is 5.61. The Morgan fingerprint density at radius 1 is 1.24 bits per heavy atom. The summed E-state index contributed by atoms with van der Waals surface area (Å²) in [4.78, 5) is 14.7. The molecule has 8 heteroatoms. The number of pyridine rings is 1. The highest BCUT2D eigenvalue weighted by Gasteiger charge is 2.31. The number of halogens is 4. The van der Waals surface area contributed by atoms with Crippen LogP contribution in [0.2, 0.25) is 5.02 Å². The lowest BCUT2D eigenvalue weighted by atomic mass is 10.3. The minimum absolute atomic E-state index is 0.0649. The summed E-state index contributed by atoms with van der Waals surface area (Å²) >= 11 is 6.96. The van der Waals surface area contributed by atoms with E-state index in [9.17, 15) is 18.0 Å². The van der Waals surface area contributed by atoms with Crippen molar-refractivity contribution in [2.45, 2.75) is 16.1 Å². The largest absolute Gasteiger partial charge is 0.417 e. The third-order valence-corrected chi connectivity index (χ3v) is 3.86. The average Bonchev–Trinajstić information content (AvgIpc) is 2.42. The average molecular weight is 333 g/mol. The maximum absolute atomic E-state index is 12.5. The quantitative estimate of drug-likeness (QED) is 0.840. The molecule has 1 amide bonds. The molecule has 3 nitrogen and oxygen atoms in total. The Labute approximate surface area is 127 Å². The minimum atomic E-state index is -4.47. The fraction of sp³-hybridized carbons (Fsp3) is 0.0769. The van der Waals surface area contributed by atoms with Crippen molar-refractivity contribution < 1.29 is 18.0 Å². The van der Waals surface area contributed by atoms with Crippen LogP contribution in [-0.4, -0.2) is 11.4 Å². The number of carbonyl (C=O) groups excluding carboxylic acids is 1. The summed E-state index contributed by atoms with van der Waals surface area (Å²) in [7, 11) is 0. The molecular weight excluding hydrogens is 325 g/mol. The molecule has 0 unspecified atom stereocenters. The van der Waals surface area contributed by atoms with Crippen LogP contribution in [0, 0.1) is 0 Å². The number of aromatic nitrogens is 1. The molecule has 1 N–H and O–H groups in total. The van der Waals surface area contributed by atoms with Crippen molar-refractivity contribution in [1.29, 1.82) is 0 Å². The smallest absolute Gasteiger partial charge is 0.329 e. The first-order chi connectivity index (χ1) is 9.90. The van der Waals surface area contributed by atoms with Gasteiger partial charge in [0.1, 0.15) is 5.03 Å². The predicted molar refractivity (Wildman–Crippen MR) is 74.5 cm³/mol. The molecule has 0 aliphatic rings. The number of carbonyl (C=O) groups is 1. The fourth-order valence-electron chi connectivity index (χ4n) is 1.45. The highest BCUT2D eigenvalue weighted by molar-refractivity contribution is 7.99. The second-order valence-electron chi connectivity index (χ2n) is 3.90. The SMILES string of the molecule is O=CNc1ccc(Sc2ncc(C(F)(F)F)cc2Cl)cc1. The fourth-order valence-corrected chi connectivity index (χ4v) is 2.49. The van der Waals surface area contributed by atoms with E-state index in [1.54, 1.807) is 24.3 Å². The van der Waals surface area contributed by atoms with Gasteiger partial charge in [0.25, 0.3) is 0 Å². The number of anilines is 1. The van der Waals surface area contributed by atoms with Gasteiger partial charge in [0.15, 0.2) is 0 Å². The van der Waals surface area contributed by atoms with Crippen LogP contribution in [0.3, 0.4) is 0 Å². The zero-order valence-electron chi connectivity index (χ0n) is 10.3. The molecular formula is C13H8ClF3N2OS. The maximum Gasteiger partial charge on any atom is 0.417 e. The van der Waals surface area contributed by atoms with E-state index in [0.29, 0.717) is 12.1 Å². The summed E-state index contributed by atoms with van der Waals surface area (Å²) in [5.41, 5.74) is -0.275. The number of benzene rings is 1. The summed E-state index contributed by atoms with van der Waals surface area (Å²) in [5, 5.41) is 2.69. The van der Waals surface area contributed by atoms with E-state index in [0.717, 1.165) is 28.9 Å². The van der Waals surface area contributed by atoms with E-state index in [2.05, 4.69) is 10.3 Å². The zero-order valence-corrected chi connectivity index (χ0v) is 11.9. The van der Waals surface area contributed by atoms with Crippen LogP contribution in [0.5, 0.6) is 0 Å². The second-order valence-corrected chi connectivity index (χ2v) is 5.37. The Morgan fingerprint density at radius 2 is 1.90 bits per heavy atom. The molecule has 0 fully saturated rings. The molecule has 0 aliphatic carbocycles. The van der Waals surface area contributed by atoms with Crippen molar-refractivity contribution in [3.8, 4) is 0 Å². The van der Waals surface area contributed by atoms with Gasteiger partial charge in [-0.25, -0.2) is 4.98 Å². The van der Waals surface area contributed by atoms with Crippen molar-refractivity contribution in [2.75, 3.05) is 5.32 Å². The van der Waals surface area contributed by atoms with Crippen molar-refractivity contribution in [1.82, 2.24) is 4.98 Å². The third-order valence-electron chi connectivity index (χ3n) is 2.43. The molecule has 0 bridgehead atoms. The van der Waals surface area contributed by atoms with Crippen LogP contribution < -0.4 is 5.32 Å². The van der Waals surface area contributed by atoms with E-state index in [-0.39, 0.29) is 10.0 Å². The molecule has 2 rings (SSSR count). The van der Waals surface area contributed by atoms with E-state index < -0.39 is 11.7 Å². The zero-order chi connectivity index (χ0) is 15.5. The third kappa shape index (κ3) is 4.12. The van der Waals surface area contributed by atoms with Crippen LogP contribution in [0.25, 0.3) is 0 Å². The molecule has 0 atom stereocenters. The van der Waals surface area contributed by atoms with Gasteiger partial charge in [0, 0.05) is 16.8 Å². The van der Waals surface area contributed by atoms with Crippen LogP contribution in [0.1, 0.15) is 5.56 Å². The molecule has 0 spiro atoms. The molecule has 0 aliphatic heterocycles. The summed E-state index contributed by atoms with van der Waals surface area (Å²) in [6, 6.07) is 7.57. The van der Waals surface area contributed by atoms with E-state index in [1.165, 1.54) is 0 Å². The van der Waals surface area contributed by atoms with Gasteiger partial charge in [-0.3, -0.25) is 4.79 Å². The number of nitrogens with zero attached hydrogens (tertiary/aromatic N) is 1. The number of nitrogens with one attached hydrogen (secondary N) is 1. The molecule has 1 aromatic heterocycles. The normalized spacial score (nSPS) is 11.2. The number of amides is 1. The maximum atomic E-state index is 12.5. The minimum Gasteiger partial charge on any atom is -0.329 e. The number of rotatable bonds is 4. The van der Waals surface area contributed by atoms with Gasteiger partial charge < -0.3 is 5.32 Å². The molecule has 1 heterocycles.